The van der Waals surface area contributed by atoms with E-state index >= 15 is 0 Å². The fraction of sp³-hybridized carbons (Fsp3) is 0.545. The maximum atomic E-state index is 12.7. The molecule has 3 rings (SSSR count). The van der Waals surface area contributed by atoms with Crippen LogP contribution in [-0.2, 0) is 4.74 Å². The molecular weight excluding hydrogens is 402 g/mol. The van der Waals surface area contributed by atoms with Gasteiger partial charge in [-0.05, 0) is 30.5 Å². The first-order valence-corrected chi connectivity index (χ1v) is 11.2. The normalized spacial score (nSPS) is 15.8. The third-order valence-corrected chi connectivity index (χ3v) is 6.06. The van der Waals surface area contributed by atoms with Crippen LogP contribution in [0.2, 0.25) is 0 Å². The van der Waals surface area contributed by atoms with Gasteiger partial charge in [0.1, 0.15) is 10.7 Å². The number of thiazole rings is 1. The summed E-state index contributed by atoms with van der Waals surface area (Å²) >= 11 is 1.44. The average molecular weight is 434 g/mol. The van der Waals surface area contributed by atoms with E-state index in [1.165, 1.54) is 11.3 Å². The summed E-state index contributed by atoms with van der Waals surface area (Å²) in [5, 5.41) is 5.66. The number of carbonyl (C=O) groups is 1. The van der Waals surface area contributed by atoms with E-state index in [9.17, 15) is 4.79 Å². The summed E-state index contributed by atoms with van der Waals surface area (Å²) in [7, 11) is 3.21. The van der Waals surface area contributed by atoms with Gasteiger partial charge in [0.25, 0.3) is 5.91 Å². The van der Waals surface area contributed by atoms with Crippen LogP contribution in [0, 0.1) is 5.92 Å². The minimum absolute atomic E-state index is 0.139. The standard InChI is InChI=1S/C22H31N3O4S/c1-15(2)11-17(25-7-9-29-10-8-25)13-23-21(26)18-14-30-22(24-18)16-5-6-19(27-3)20(12-16)28-4/h5-6,12,14-15,17H,7-11,13H2,1-4H3,(H,23,26). The van der Waals surface area contributed by atoms with Crippen LogP contribution in [0.3, 0.4) is 0 Å². The van der Waals surface area contributed by atoms with Crippen LogP contribution in [-0.4, -0.2) is 68.9 Å². The second-order valence-corrected chi connectivity index (χ2v) is 8.61. The second kappa shape index (κ2) is 10.7. The lowest BCUT2D eigenvalue weighted by atomic mass is 10.0. The number of rotatable bonds is 9. The van der Waals surface area contributed by atoms with Crippen LogP contribution in [0.25, 0.3) is 10.6 Å². The van der Waals surface area contributed by atoms with Crippen molar-refractivity contribution in [2.75, 3.05) is 47.1 Å². The van der Waals surface area contributed by atoms with Crippen LogP contribution >= 0.6 is 11.3 Å². The number of hydrogen-bond acceptors (Lipinski definition) is 7. The molecule has 2 aromatic rings. The topological polar surface area (TPSA) is 72.9 Å². The molecule has 1 atom stereocenters. The molecule has 0 aliphatic carbocycles. The first-order chi connectivity index (χ1) is 14.5. The van der Waals surface area contributed by atoms with Crippen molar-refractivity contribution >= 4 is 17.2 Å². The van der Waals surface area contributed by atoms with E-state index < -0.39 is 0 Å². The molecule has 1 aliphatic rings. The van der Waals surface area contributed by atoms with E-state index in [-0.39, 0.29) is 5.91 Å². The van der Waals surface area contributed by atoms with E-state index in [4.69, 9.17) is 14.2 Å². The molecule has 1 N–H and O–H groups in total. The van der Waals surface area contributed by atoms with E-state index in [0.717, 1.165) is 43.3 Å². The molecular formula is C22H31N3O4S. The lowest BCUT2D eigenvalue weighted by Crippen LogP contribution is -2.49. The molecule has 0 bridgehead atoms. The monoisotopic (exact) mass is 433 g/mol. The minimum atomic E-state index is -0.139. The number of carbonyl (C=O) groups excluding carboxylic acids is 1. The number of nitrogens with zero attached hydrogens (tertiary/aromatic N) is 2. The number of hydrogen-bond donors (Lipinski definition) is 1. The highest BCUT2D eigenvalue weighted by Gasteiger charge is 2.23. The molecule has 164 valence electrons. The highest BCUT2D eigenvalue weighted by molar-refractivity contribution is 7.13. The largest absolute Gasteiger partial charge is 0.493 e. The van der Waals surface area contributed by atoms with Crippen molar-refractivity contribution in [2.24, 2.45) is 5.92 Å². The molecule has 0 radical (unpaired) electrons. The Balaban J connectivity index is 1.65. The lowest BCUT2D eigenvalue weighted by molar-refractivity contribution is 0.0124. The Labute approximate surface area is 182 Å². The third-order valence-electron chi connectivity index (χ3n) is 5.17. The fourth-order valence-corrected chi connectivity index (χ4v) is 4.43. The summed E-state index contributed by atoms with van der Waals surface area (Å²) in [6.07, 6.45) is 1.04. The van der Waals surface area contributed by atoms with Crippen molar-refractivity contribution in [3.8, 4) is 22.1 Å². The maximum Gasteiger partial charge on any atom is 0.270 e. The number of nitrogens with one attached hydrogen (secondary N) is 1. The molecule has 1 unspecified atom stereocenters. The van der Waals surface area contributed by atoms with E-state index in [1.54, 1.807) is 19.6 Å². The Morgan fingerprint density at radius 3 is 2.63 bits per heavy atom. The Bertz CT molecular complexity index is 834. The highest BCUT2D eigenvalue weighted by Crippen LogP contribution is 2.33. The van der Waals surface area contributed by atoms with Crippen molar-refractivity contribution in [1.29, 1.82) is 0 Å². The van der Waals surface area contributed by atoms with Gasteiger partial charge in [-0.2, -0.15) is 0 Å². The predicted molar refractivity (Wildman–Crippen MR) is 119 cm³/mol. The summed E-state index contributed by atoms with van der Waals surface area (Å²) in [6.45, 7) is 8.36. The summed E-state index contributed by atoms with van der Waals surface area (Å²) in [6, 6.07) is 5.94. The SMILES string of the molecule is COc1ccc(-c2nc(C(=O)NCC(CC(C)C)N3CCOCC3)cs2)cc1OC. The number of morpholine rings is 1. The Hall–Kier alpha value is -2.16. The quantitative estimate of drug-likeness (QED) is 0.654. The smallest absolute Gasteiger partial charge is 0.270 e. The van der Waals surface area contributed by atoms with E-state index in [2.05, 4.69) is 29.0 Å². The molecule has 2 heterocycles. The molecule has 1 aromatic heterocycles. The van der Waals surface area contributed by atoms with Crippen LogP contribution < -0.4 is 14.8 Å². The van der Waals surface area contributed by atoms with Crippen LogP contribution in [0.1, 0.15) is 30.8 Å². The second-order valence-electron chi connectivity index (χ2n) is 7.75. The third kappa shape index (κ3) is 5.71. The number of amides is 1. The number of methoxy groups -OCH3 is 2. The zero-order valence-corrected chi connectivity index (χ0v) is 19.0. The van der Waals surface area contributed by atoms with Crippen molar-refractivity contribution in [1.82, 2.24) is 15.2 Å². The Morgan fingerprint density at radius 1 is 1.23 bits per heavy atom. The number of benzene rings is 1. The predicted octanol–water partition coefficient (Wildman–Crippen LogP) is 3.30. The van der Waals surface area contributed by atoms with Gasteiger partial charge in [0.05, 0.1) is 27.4 Å². The molecule has 30 heavy (non-hydrogen) atoms. The molecule has 1 aliphatic heterocycles. The first kappa shape index (κ1) is 22.5. The molecule has 1 aromatic carbocycles. The lowest BCUT2D eigenvalue weighted by Gasteiger charge is -2.35. The zero-order valence-electron chi connectivity index (χ0n) is 18.1. The van der Waals surface area contributed by atoms with Gasteiger partial charge >= 0.3 is 0 Å². The summed E-state index contributed by atoms with van der Waals surface area (Å²) < 4.78 is 16.1. The van der Waals surface area contributed by atoms with Gasteiger partial charge in [-0.15, -0.1) is 11.3 Å². The number of ether oxygens (including phenoxy) is 3. The van der Waals surface area contributed by atoms with E-state index in [1.807, 2.05) is 18.2 Å². The van der Waals surface area contributed by atoms with Crippen molar-refractivity contribution < 1.29 is 19.0 Å². The molecule has 0 saturated carbocycles. The van der Waals surface area contributed by atoms with Crippen LogP contribution in [0.5, 0.6) is 11.5 Å². The average Bonchev–Trinajstić information content (AvgIpc) is 3.26. The van der Waals surface area contributed by atoms with Crippen molar-refractivity contribution in [3.05, 3.63) is 29.3 Å². The molecule has 8 heteroatoms. The van der Waals surface area contributed by atoms with Crippen LogP contribution in [0.15, 0.2) is 23.6 Å². The van der Waals surface area contributed by atoms with Gasteiger partial charge in [0.15, 0.2) is 11.5 Å². The van der Waals surface area contributed by atoms with Crippen molar-refractivity contribution in [3.63, 3.8) is 0 Å². The van der Waals surface area contributed by atoms with Gasteiger partial charge in [0, 0.05) is 36.6 Å². The molecule has 0 spiro atoms. The molecule has 7 nitrogen and oxygen atoms in total. The fourth-order valence-electron chi connectivity index (χ4n) is 3.63. The van der Waals surface area contributed by atoms with Gasteiger partial charge in [-0.1, -0.05) is 13.8 Å². The van der Waals surface area contributed by atoms with Gasteiger partial charge in [0.2, 0.25) is 0 Å². The first-order valence-electron chi connectivity index (χ1n) is 10.3. The molecule has 1 saturated heterocycles. The Kier molecular flexibility index (Phi) is 8.07. The van der Waals surface area contributed by atoms with Crippen molar-refractivity contribution in [2.45, 2.75) is 26.3 Å². The summed E-state index contributed by atoms with van der Waals surface area (Å²) in [5.41, 5.74) is 1.33. The maximum absolute atomic E-state index is 12.7. The van der Waals surface area contributed by atoms with E-state index in [0.29, 0.717) is 35.7 Å². The zero-order chi connectivity index (χ0) is 21.5. The Morgan fingerprint density at radius 2 is 1.97 bits per heavy atom. The van der Waals surface area contributed by atoms with Gasteiger partial charge < -0.3 is 19.5 Å². The molecule has 1 fully saturated rings. The minimum Gasteiger partial charge on any atom is -0.493 e. The summed E-state index contributed by atoms with van der Waals surface area (Å²) in [4.78, 5) is 19.7. The highest BCUT2D eigenvalue weighted by atomic mass is 32.1. The van der Waals surface area contributed by atoms with Crippen LogP contribution in [0.4, 0.5) is 0 Å². The number of aromatic nitrogens is 1. The van der Waals surface area contributed by atoms with Gasteiger partial charge in [-0.3, -0.25) is 9.69 Å². The van der Waals surface area contributed by atoms with Gasteiger partial charge in [-0.25, -0.2) is 4.98 Å². The summed E-state index contributed by atoms with van der Waals surface area (Å²) in [5.74, 6) is 1.72. The molecule has 1 amide bonds.